The fourth-order valence-electron chi connectivity index (χ4n) is 1.42. The molecule has 15 heavy (non-hydrogen) atoms. The number of aryl methyl sites for hydroxylation is 1. The fourth-order valence-corrected chi connectivity index (χ4v) is 1.68. The molecule has 0 spiro atoms. The standard InChI is InChI=1S/C10H10ClNO.C2H6/c1-6-5-12-10-8(6)3-7(13-2)4-9(10)11;1-2/h3-5,12H,1-2H3;1-2H3. The van der Waals surface area contributed by atoms with Gasteiger partial charge < -0.3 is 9.72 Å². The minimum absolute atomic E-state index is 0.697. The van der Waals surface area contributed by atoms with Gasteiger partial charge in [-0.3, -0.25) is 0 Å². The Labute approximate surface area is 95.2 Å². The van der Waals surface area contributed by atoms with E-state index < -0.39 is 0 Å². The molecule has 0 aliphatic carbocycles. The Morgan fingerprint density at radius 2 is 1.93 bits per heavy atom. The van der Waals surface area contributed by atoms with Gasteiger partial charge in [0.2, 0.25) is 0 Å². The Morgan fingerprint density at radius 1 is 1.27 bits per heavy atom. The van der Waals surface area contributed by atoms with Crippen LogP contribution in [0.3, 0.4) is 0 Å². The molecule has 0 fully saturated rings. The van der Waals surface area contributed by atoms with Crippen LogP contribution in [0.5, 0.6) is 5.75 Å². The number of fused-ring (bicyclic) bond motifs is 1. The minimum Gasteiger partial charge on any atom is -0.497 e. The number of aromatic nitrogens is 1. The summed E-state index contributed by atoms with van der Waals surface area (Å²) in [5.41, 5.74) is 2.15. The van der Waals surface area contributed by atoms with Gasteiger partial charge in [-0.25, -0.2) is 0 Å². The topological polar surface area (TPSA) is 25.0 Å². The van der Waals surface area contributed by atoms with Crippen molar-refractivity contribution >= 4 is 22.5 Å². The second kappa shape index (κ2) is 5.08. The van der Waals surface area contributed by atoms with Gasteiger partial charge in [-0.05, 0) is 18.6 Å². The Balaban J connectivity index is 0.000000531. The number of H-pyrrole nitrogens is 1. The third kappa shape index (κ3) is 2.26. The third-order valence-electron chi connectivity index (χ3n) is 2.16. The van der Waals surface area contributed by atoms with Gasteiger partial charge >= 0.3 is 0 Å². The molecule has 0 radical (unpaired) electrons. The number of nitrogens with one attached hydrogen (secondary N) is 1. The molecule has 0 saturated heterocycles. The summed E-state index contributed by atoms with van der Waals surface area (Å²) in [6.45, 7) is 6.04. The molecule has 1 aromatic carbocycles. The Kier molecular flexibility index (Phi) is 4.04. The molecule has 0 amide bonds. The van der Waals surface area contributed by atoms with E-state index >= 15 is 0 Å². The van der Waals surface area contributed by atoms with Gasteiger partial charge in [-0.1, -0.05) is 25.4 Å². The number of hydrogen-bond acceptors (Lipinski definition) is 1. The average Bonchev–Trinajstić information content (AvgIpc) is 2.64. The monoisotopic (exact) mass is 225 g/mol. The first-order valence-corrected chi connectivity index (χ1v) is 5.41. The first-order valence-electron chi connectivity index (χ1n) is 5.03. The maximum absolute atomic E-state index is 6.04. The van der Waals surface area contributed by atoms with Crippen molar-refractivity contribution in [1.29, 1.82) is 0 Å². The number of aromatic amines is 1. The van der Waals surface area contributed by atoms with Gasteiger partial charge in [-0.15, -0.1) is 0 Å². The van der Waals surface area contributed by atoms with Gasteiger partial charge in [0.05, 0.1) is 17.6 Å². The van der Waals surface area contributed by atoms with Crippen LogP contribution in [0.1, 0.15) is 19.4 Å². The van der Waals surface area contributed by atoms with E-state index in [-0.39, 0.29) is 0 Å². The summed E-state index contributed by atoms with van der Waals surface area (Å²) >= 11 is 6.04. The predicted molar refractivity (Wildman–Crippen MR) is 65.9 cm³/mol. The largest absolute Gasteiger partial charge is 0.497 e. The molecule has 2 nitrogen and oxygen atoms in total. The highest BCUT2D eigenvalue weighted by Crippen LogP contribution is 2.29. The Hall–Kier alpha value is -1.15. The van der Waals surface area contributed by atoms with Crippen molar-refractivity contribution in [2.24, 2.45) is 0 Å². The average molecular weight is 226 g/mol. The van der Waals surface area contributed by atoms with Crippen LogP contribution in [0.2, 0.25) is 5.02 Å². The fraction of sp³-hybridized carbons (Fsp3) is 0.333. The molecule has 0 bridgehead atoms. The van der Waals surface area contributed by atoms with Gasteiger partial charge in [0.25, 0.3) is 0 Å². The molecule has 1 heterocycles. The zero-order valence-electron chi connectivity index (χ0n) is 9.52. The maximum atomic E-state index is 6.04. The van der Waals surface area contributed by atoms with Crippen molar-refractivity contribution in [1.82, 2.24) is 4.98 Å². The van der Waals surface area contributed by atoms with E-state index in [9.17, 15) is 0 Å². The molecule has 82 valence electrons. The lowest BCUT2D eigenvalue weighted by Gasteiger charge is -2.01. The maximum Gasteiger partial charge on any atom is 0.121 e. The van der Waals surface area contributed by atoms with Crippen LogP contribution in [-0.4, -0.2) is 12.1 Å². The summed E-state index contributed by atoms with van der Waals surface area (Å²) in [6, 6.07) is 3.78. The Morgan fingerprint density at radius 3 is 2.53 bits per heavy atom. The Bertz CT molecular complexity index is 448. The van der Waals surface area contributed by atoms with Crippen LogP contribution in [-0.2, 0) is 0 Å². The minimum atomic E-state index is 0.697. The van der Waals surface area contributed by atoms with Crippen LogP contribution in [0, 0.1) is 6.92 Å². The first kappa shape index (κ1) is 11.9. The van der Waals surface area contributed by atoms with E-state index in [0.29, 0.717) is 5.02 Å². The van der Waals surface area contributed by atoms with E-state index in [1.165, 1.54) is 5.56 Å². The lowest BCUT2D eigenvalue weighted by atomic mass is 10.2. The van der Waals surface area contributed by atoms with E-state index in [0.717, 1.165) is 16.7 Å². The molecule has 0 aliphatic rings. The SMILES string of the molecule is CC.COc1cc(Cl)c2[nH]cc(C)c2c1. The number of rotatable bonds is 1. The number of benzene rings is 1. The summed E-state index contributed by atoms with van der Waals surface area (Å²) in [5.74, 6) is 0.792. The van der Waals surface area contributed by atoms with E-state index in [4.69, 9.17) is 16.3 Å². The highest BCUT2D eigenvalue weighted by Gasteiger charge is 2.05. The van der Waals surface area contributed by atoms with Crippen LogP contribution >= 0.6 is 11.6 Å². The number of halogens is 1. The lowest BCUT2D eigenvalue weighted by Crippen LogP contribution is -1.82. The number of hydrogen-bond donors (Lipinski definition) is 1. The smallest absolute Gasteiger partial charge is 0.121 e. The van der Waals surface area contributed by atoms with Crippen molar-refractivity contribution in [3.63, 3.8) is 0 Å². The summed E-state index contributed by atoms with van der Waals surface area (Å²) < 4.78 is 5.13. The van der Waals surface area contributed by atoms with Crippen molar-refractivity contribution in [2.75, 3.05) is 7.11 Å². The van der Waals surface area contributed by atoms with Gasteiger partial charge in [0.1, 0.15) is 5.75 Å². The molecule has 0 atom stereocenters. The number of ether oxygens (including phenoxy) is 1. The molecule has 3 heteroatoms. The molecule has 1 aromatic heterocycles. The van der Waals surface area contributed by atoms with Crippen molar-refractivity contribution < 1.29 is 4.74 Å². The van der Waals surface area contributed by atoms with Crippen LogP contribution in [0.4, 0.5) is 0 Å². The number of methoxy groups -OCH3 is 1. The lowest BCUT2D eigenvalue weighted by molar-refractivity contribution is 0.415. The quantitative estimate of drug-likeness (QED) is 0.775. The van der Waals surface area contributed by atoms with Crippen molar-refractivity contribution in [2.45, 2.75) is 20.8 Å². The van der Waals surface area contributed by atoms with E-state index in [1.807, 2.05) is 33.0 Å². The first-order chi connectivity index (χ1) is 7.22. The summed E-state index contributed by atoms with van der Waals surface area (Å²) in [5, 5.41) is 1.81. The molecule has 0 unspecified atom stereocenters. The van der Waals surface area contributed by atoms with Crippen molar-refractivity contribution in [3.8, 4) is 5.75 Å². The zero-order chi connectivity index (χ0) is 11.4. The molecule has 1 N–H and O–H groups in total. The van der Waals surface area contributed by atoms with E-state index in [1.54, 1.807) is 13.2 Å². The molecule has 2 aromatic rings. The second-order valence-corrected chi connectivity index (χ2v) is 3.41. The molecule has 0 aliphatic heterocycles. The normalized spacial score (nSPS) is 9.67. The highest BCUT2D eigenvalue weighted by molar-refractivity contribution is 6.35. The van der Waals surface area contributed by atoms with Gasteiger partial charge in [0, 0.05) is 17.6 Å². The molecule has 2 rings (SSSR count). The third-order valence-corrected chi connectivity index (χ3v) is 2.46. The van der Waals surface area contributed by atoms with Crippen LogP contribution in [0.15, 0.2) is 18.3 Å². The van der Waals surface area contributed by atoms with Crippen LogP contribution < -0.4 is 4.74 Å². The molecular weight excluding hydrogens is 210 g/mol. The van der Waals surface area contributed by atoms with Crippen molar-refractivity contribution in [3.05, 3.63) is 28.9 Å². The van der Waals surface area contributed by atoms with Gasteiger partial charge in [0.15, 0.2) is 0 Å². The zero-order valence-corrected chi connectivity index (χ0v) is 10.3. The highest BCUT2D eigenvalue weighted by atomic mass is 35.5. The summed E-state index contributed by atoms with van der Waals surface area (Å²) in [7, 11) is 1.64. The van der Waals surface area contributed by atoms with Crippen LogP contribution in [0.25, 0.3) is 10.9 Å². The molecule has 0 saturated carbocycles. The van der Waals surface area contributed by atoms with Gasteiger partial charge in [-0.2, -0.15) is 0 Å². The summed E-state index contributed by atoms with van der Waals surface area (Å²) in [6.07, 6.45) is 1.94. The summed E-state index contributed by atoms with van der Waals surface area (Å²) in [4.78, 5) is 3.12. The second-order valence-electron chi connectivity index (χ2n) is 3.00. The predicted octanol–water partition coefficient (Wildman–Crippen LogP) is 4.16. The van der Waals surface area contributed by atoms with E-state index in [2.05, 4.69) is 4.98 Å². The molecular formula is C12H16ClNO.